The van der Waals surface area contributed by atoms with Crippen LogP contribution in [0.4, 0.5) is 6.01 Å². The van der Waals surface area contributed by atoms with Crippen LogP contribution in [0.25, 0.3) is 11.5 Å². The first-order valence-electron chi connectivity index (χ1n) is 8.06. The van der Waals surface area contributed by atoms with Gasteiger partial charge in [0.25, 0.3) is 0 Å². The van der Waals surface area contributed by atoms with Gasteiger partial charge in [0.1, 0.15) is 0 Å². The van der Waals surface area contributed by atoms with Crippen molar-refractivity contribution in [3.05, 3.63) is 59.7 Å². The first-order chi connectivity index (χ1) is 12.1. The normalized spacial score (nSPS) is 10.6. The number of nitrogens with zero attached hydrogens (tertiary/aromatic N) is 2. The highest BCUT2D eigenvalue weighted by Crippen LogP contribution is 2.21. The predicted molar refractivity (Wildman–Crippen MR) is 99.6 cm³/mol. The zero-order chi connectivity index (χ0) is 17.6. The van der Waals surface area contributed by atoms with Crippen LogP contribution in [0.15, 0.2) is 57.8 Å². The maximum absolute atomic E-state index is 12.1. The van der Waals surface area contributed by atoms with Gasteiger partial charge < -0.3 is 4.42 Å². The molecule has 0 aliphatic carbocycles. The molecular formula is C19H19N3O2S. The summed E-state index contributed by atoms with van der Waals surface area (Å²) in [6, 6.07) is 15.9. The smallest absolute Gasteiger partial charge is 0.322 e. The molecule has 0 unspecified atom stereocenters. The maximum atomic E-state index is 12.1. The third kappa shape index (κ3) is 4.70. The van der Waals surface area contributed by atoms with E-state index in [-0.39, 0.29) is 18.3 Å². The van der Waals surface area contributed by atoms with Gasteiger partial charge in [-0.05, 0) is 42.5 Å². The molecule has 128 valence electrons. The van der Waals surface area contributed by atoms with Crippen LogP contribution in [-0.2, 0) is 11.2 Å². The number of aromatic nitrogens is 2. The molecule has 1 aromatic heterocycles. The summed E-state index contributed by atoms with van der Waals surface area (Å²) in [5.41, 5.74) is 2.87. The van der Waals surface area contributed by atoms with E-state index in [0.717, 1.165) is 22.4 Å². The fraction of sp³-hybridized carbons (Fsp3) is 0.211. The van der Waals surface area contributed by atoms with Gasteiger partial charge in [-0.15, -0.1) is 16.9 Å². The number of hydrogen-bond acceptors (Lipinski definition) is 5. The molecule has 3 rings (SSSR count). The quantitative estimate of drug-likeness (QED) is 0.668. The lowest BCUT2D eigenvalue weighted by Crippen LogP contribution is -2.14. The van der Waals surface area contributed by atoms with E-state index in [2.05, 4.69) is 22.4 Å². The Bertz CT molecular complexity index is 859. The molecule has 5 nitrogen and oxygen atoms in total. The standard InChI is InChI=1S/C19H19N3O2S/c1-3-25-16-9-7-14(8-10-16)12-17(23)20-19-22-21-18(24-19)15-6-4-5-13(2)11-15/h4-11H,3,12H2,1-2H3,(H,20,22,23). The van der Waals surface area contributed by atoms with E-state index in [1.165, 1.54) is 4.90 Å². The summed E-state index contributed by atoms with van der Waals surface area (Å²) in [7, 11) is 0. The van der Waals surface area contributed by atoms with Gasteiger partial charge in [0.15, 0.2) is 0 Å². The summed E-state index contributed by atoms with van der Waals surface area (Å²) in [4.78, 5) is 13.3. The Labute approximate surface area is 150 Å². The Balaban J connectivity index is 1.61. The predicted octanol–water partition coefficient (Wildman–Crippen LogP) is 4.34. The van der Waals surface area contributed by atoms with Crippen LogP contribution in [0.5, 0.6) is 0 Å². The lowest BCUT2D eigenvalue weighted by molar-refractivity contribution is -0.115. The molecule has 6 heteroatoms. The number of carbonyl (C=O) groups excluding carboxylic acids is 1. The summed E-state index contributed by atoms with van der Waals surface area (Å²) < 4.78 is 5.53. The molecule has 0 atom stereocenters. The Hall–Kier alpha value is -2.60. The molecule has 1 N–H and O–H groups in total. The second-order valence-electron chi connectivity index (χ2n) is 5.58. The lowest BCUT2D eigenvalue weighted by atomic mass is 10.1. The van der Waals surface area contributed by atoms with Crippen LogP contribution in [0, 0.1) is 6.92 Å². The molecule has 0 aliphatic rings. The van der Waals surface area contributed by atoms with E-state index in [9.17, 15) is 4.79 Å². The molecule has 0 radical (unpaired) electrons. The van der Waals surface area contributed by atoms with Crippen molar-refractivity contribution in [2.45, 2.75) is 25.2 Å². The van der Waals surface area contributed by atoms with Crippen molar-refractivity contribution >= 4 is 23.7 Å². The Morgan fingerprint density at radius 3 is 2.68 bits per heavy atom. The van der Waals surface area contributed by atoms with Crippen molar-refractivity contribution in [3.8, 4) is 11.5 Å². The van der Waals surface area contributed by atoms with E-state index in [1.807, 2.05) is 55.5 Å². The van der Waals surface area contributed by atoms with E-state index < -0.39 is 0 Å². The Morgan fingerprint density at radius 1 is 1.16 bits per heavy atom. The maximum Gasteiger partial charge on any atom is 0.322 e. The number of amides is 1. The van der Waals surface area contributed by atoms with Crippen LogP contribution in [-0.4, -0.2) is 21.9 Å². The average molecular weight is 353 g/mol. The number of nitrogens with one attached hydrogen (secondary N) is 1. The van der Waals surface area contributed by atoms with E-state index in [4.69, 9.17) is 4.42 Å². The topological polar surface area (TPSA) is 68.0 Å². The van der Waals surface area contributed by atoms with Gasteiger partial charge in [0.05, 0.1) is 6.42 Å². The zero-order valence-electron chi connectivity index (χ0n) is 14.2. The van der Waals surface area contributed by atoms with Gasteiger partial charge in [-0.25, -0.2) is 0 Å². The molecule has 1 heterocycles. The highest BCUT2D eigenvalue weighted by molar-refractivity contribution is 7.99. The number of thioether (sulfide) groups is 1. The van der Waals surface area contributed by atoms with Crippen molar-refractivity contribution in [1.82, 2.24) is 10.2 Å². The minimum absolute atomic E-state index is 0.111. The summed E-state index contributed by atoms with van der Waals surface area (Å²) >= 11 is 1.77. The van der Waals surface area contributed by atoms with Crippen molar-refractivity contribution in [2.24, 2.45) is 0 Å². The zero-order valence-corrected chi connectivity index (χ0v) is 15.0. The first kappa shape index (κ1) is 17.2. The molecule has 1 amide bonds. The van der Waals surface area contributed by atoms with Gasteiger partial charge in [0.2, 0.25) is 11.8 Å². The summed E-state index contributed by atoms with van der Waals surface area (Å²) in [5, 5.41) is 10.5. The average Bonchev–Trinajstić information content (AvgIpc) is 3.05. The largest absolute Gasteiger partial charge is 0.403 e. The first-order valence-corrected chi connectivity index (χ1v) is 9.04. The molecular weight excluding hydrogens is 334 g/mol. The summed E-state index contributed by atoms with van der Waals surface area (Å²) in [5.74, 6) is 1.23. The molecule has 0 aliphatic heterocycles. The number of benzene rings is 2. The Morgan fingerprint density at radius 2 is 1.96 bits per heavy atom. The molecule has 2 aromatic carbocycles. The fourth-order valence-electron chi connectivity index (χ4n) is 2.39. The second-order valence-corrected chi connectivity index (χ2v) is 6.92. The van der Waals surface area contributed by atoms with Gasteiger partial charge in [0, 0.05) is 10.5 Å². The number of hydrogen-bond donors (Lipinski definition) is 1. The van der Waals surface area contributed by atoms with E-state index in [0.29, 0.717) is 5.89 Å². The fourth-order valence-corrected chi connectivity index (χ4v) is 3.05. The van der Waals surface area contributed by atoms with Gasteiger partial charge in [-0.2, -0.15) is 0 Å². The molecule has 3 aromatic rings. The minimum Gasteiger partial charge on any atom is -0.403 e. The lowest BCUT2D eigenvalue weighted by Gasteiger charge is -2.03. The highest BCUT2D eigenvalue weighted by atomic mass is 32.2. The van der Waals surface area contributed by atoms with Crippen LogP contribution >= 0.6 is 11.8 Å². The molecule has 0 spiro atoms. The van der Waals surface area contributed by atoms with Gasteiger partial charge in [-0.3, -0.25) is 10.1 Å². The number of aryl methyl sites for hydroxylation is 1. The molecule has 25 heavy (non-hydrogen) atoms. The Kier molecular flexibility index (Phi) is 5.50. The van der Waals surface area contributed by atoms with Crippen LogP contribution in [0.2, 0.25) is 0 Å². The summed E-state index contributed by atoms with van der Waals surface area (Å²) in [6.45, 7) is 4.11. The SMILES string of the molecule is CCSc1ccc(CC(=O)Nc2nnc(-c3cccc(C)c3)o2)cc1. The van der Waals surface area contributed by atoms with Gasteiger partial charge >= 0.3 is 6.01 Å². The third-order valence-electron chi connectivity index (χ3n) is 3.54. The van der Waals surface area contributed by atoms with Crippen molar-refractivity contribution < 1.29 is 9.21 Å². The minimum atomic E-state index is -0.185. The molecule has 0 saturated carbocycles. The number of rotatable bonds is 6. The molecule has 0 bridgehead atoms. The highest BCUT2D eigenvalue weighted by Gasteiger charge is 2.12. The van der Waals surface area contributed by atoms with Crippen LogP contribution < -0.4 is 5.32 Å². The molecule has 0 saturated heterocycles. The monoisotopic (exact) mass is 353 g/mol. The van der Waals surface area contributed by atoms with E-state index >= 15 is 0 Å². The van der Waals surface area contributed by atoms with Crippen molar-refractivity contribution in [3.63, 3.8) is 0 Å². The third-order valence-corrected chi connectivity index (χ3v) is 4.43. The van der Waals surface area contributed by atoms with Crippen molar-refractivity contribution in [1.29, 1.82) is 0 Å². The second kappa shape index (κ2) is 7.98. The van der Waals surface area contributed by atoms with E-state index in [1.54, 1.807) is 11.8 Å². The molecule has 0 fully saturated rings. The van der Waals surface area contributed by atoms with Crippen LogP contribution in [0.3, 0.4) is 0 Å². The van der Waals surface area contributed by atoms with Gasteiger partial charge in [-0.1, -0.05) is 41.9 Å². The summed E-state index contributed by atoms with van der Waals surface area (Å²) in [6.07, 6.45) is 0.263. The number of anilines is 1. The van der Waals surface area contributed by atoms with Crippen molar-refractivity contribution in [2.75, 3.05) is 11.1 Å². The van der Waals surface area contributed by atoms with Crippen LogP contribution in [0.1, 0.15) is 18.1 Å². The number of carbonyl (C=O) groups is 1.